The van der Waals surface area contributed by atoms with E-state index in [1.54, 1.807) is 30.3 Å². The van der Waals surface area contributed by atoms with Gasteiger partial charge in [0.2, 0.25) is 0 Å². The topological polar surface area (TPSA) is 61.8 Å². The van der Waals surface area contributed by atoms with Gasteiger partial charge in [-0.2, -0.15) is 0 Å². The van der Waals surface area contributed by atoms with E-state index in [1.807, 2.05) is 0 Å². The Morgan fingerprint density at radius 3 is 2.39 bits per heavy atom. The highest BCUT2D eigenvalue weighted by Gasteiger charge is 2.19. The van der Waals surface area contributed by atoms with Crippen molar-refractivity contribution in [2.45, 2.75) is 0 Å². The zero-order chi connectivity index (χ0) is 13.6. The van der Waals surface area contributed by atoms with Crippen molar-refractivity contribution in [1.82, 2.24) is 0 Å². The summed E-state index contributed by atoms with van der Waals surface area (Å²) in [5.41, 5.74) is 0.759. The largest absolute Gasteiger partial charge is 0.476 e. The molecule has 7 heteroatoms. The van der Waals surface area contributed by atoms with Gasteiger partial charge in [-0.1, -0.05) is 12.1 Å². The molecule has 98 valence electrons. The Morgan fingerprint density at radius 1 is 1.28 bits per heavy atom. The highest BCUT2D eigenvalue weighted by molar-refractivity contribution is 7.81. The number of hydrogen-bond acceptors (Lipinski definition) is 5. The average Bonchev–Trinajstić information content (AvgIpc) is 2.37. The molecule has 5 nitrogen and oxygen atoms in total. The summed E-state index contributed by atoms with van der Waals surface area (Å²) in [7, 11) is 2.49. The first-order valence-electron chi connectivity index (χ1n) is 4.88. The minimum Gasteiger partial charge on any atom is -0.466 e. The van der Waals surface area contributed by atoms with Crippen LogP contribution in [-0.2, 0) is 18.6 Å². The monoisotopic (exact) mass is 290 g/mol. The lowest BCUT2D eigenvalue weighted by atomic mass is 10.2. The lowest BCUT2D eigenvalue weighted by Crippen LogP contribution is -1.93. The molecule has 0 heterocycles. The normalized spacial score (nSPS) is 14.2. The van der Waals surface area contributed by atoms with Gasteiger partial charge in [-0.15, -0.1) is 0 Å². The summed E-state index contributed by atoms with van der Waals surface area (Å²) in [5.74, 6) is -0.134. The van der Waals surface area contributed by atoms with Crippen LogP contribution in [0.5, 0.6) is 5.75 Å². The van der Waals surface area contributed by atoms with Crippen molar-refractivity contribution >= 4 is 30.2 Å². The summed E-state index contributed by atoms with van der Waals surface area (Å²) in [4.78, 5) is 10.9. The summed E-state index contributed by atoms with van der Waals surface area (Å²) in [5, 5.41) is 0. The van der Waals surface area contributed by atoms with Crippen molar-refractivity contribution in [3.8, 4) is 5.75 Å². The summed E-state index contributed by atoms with van der Waals surface area (Å²) < 4.78 is 25.2. The van der Waals surface area contributed by atoms with Gasteiger partial charge in [-0.3, -0.25) is 4.52 Å². The van der Waals surface area contributed by atoms with E-state index in [-0.39, 0.29) is 0 Å². The van der Waals surface area contributed by atoms with Crippen molar-refractivity contribution in [2.75, 3.05) is 14.2 Å². The van der Waals surface area contributed by atoms with Gasteiger partial charge in [0.25, 0.3) is 0 Å². The molecule has 0 radical (unpaired) electrons. The maximum atomic E-state index is 11.3. The van der Waals surface area contributed by atoms with Crippen molar-refractivity contribution in [1.29, 1.82) is 0 Å². The molecule has 0 amide bonds. The summed E-state index contributed by atoms with van der Waals surface area (Å²) in [6.07, 6.45) is 2.86. The molecule has 0 spiro atoms. The van der Waals surface area contributed by atoms with Gasteiger partial charge in [0.15, 0.2) is 0 Å². The lowest BCUT2D eigenvalue weighted by molar-refractivity contribution is -0.134. The van der Waals surface area contributed by atoms with Crippen molar-refractivity contribution in [2.24, 2.45) is 0 Å². The van der Waals surface area contributed by atoms with E-state index in [0.29, 0.717) is 5.75 Å². The molecule has 0 aromatic heterocycles. The zero-order valence-corrected chi connectivity index (χ0v) is 11.5. The molecule has 1 aromatic carbocycles. The number of benzene rings is 1. The number of rotatable bonds is 5. The van der Waals surface area contributed by atoms with Crippen molar-refractivity contribution < 1.29 is 23.1 Å². The molecular weight excluding hydrogens is 279 g/mol. The first-order chi connectivity index (χ1) is 8.46. The molecule has 0 aliphatic carbocycles. The second-order valence-corrected chi connectivity index (χ2v) is 5.78. The number of carbonyl (C=O) groups is 1. The number of methoxy groups -OCH3 is 1. The predicted octanol–water partition coefficient (Wildman–Crippen LogP) is 3.24. The van der Waals surface area contributed by atoms with E-state index in [2.05, 4.69) is 9.26 Å². The minimum absolute atomic E-state index is 0.311. The SMILES string of the molecule is COC(=O)/C=C/c1ccc(OP(=O)(Cl)OC)cc1. The Bertz CT molecular complexity index is 483. The smallest absolute Gasteiger partial charge is 0.466 e. The van der Waals surface area contributed by atoms with Gasteiger partial charge in [-0.25, -0.2) is 9.36 Å². The molecule has 0 bridgehead atoms. The number of hydrogen-bond donors (Lipinski definition) is 0. The maximum Gasteiger partial charge on any atom is 0.476 e. The van der Waals surface area contributed by atoms with Crippen LogP contribution in [0, 0.1) is 0 Å². The quantitative estimate of drug-likeness (QED) is 0.473. The van der Waals surface area contributed by atoms with Crippen LogP contribution in [0.1, 0.15) is 5.56 Å². The van der Waals surface area contributed by atoms with Crippen LogP contribution in [0.2, 0.25) is 0 Å². The van der Waals surface area contributed by atoms with Crippen LogP contribution >= 0.6 is 18.2 Å². The molecule has 1 atom stereocenters. The molecule has 0 N–H and O–H groups in total. The maximum absolute atomic E-state index is 11.3. The molecule has 0 saturated heterocycles. The number of carbonyl (C=O) groups excluding carboxylic acids is 1. The molecule has 0 aliphatic rings. The average molecular weight is 291 g/mol. The van der Waals surface area contributed by atoms with E-state index in [1.165, 1.54) is 20.3 Å². The number of esters is 1. The number of halogens is 1. The van der Waals surface area contributed by atoms with Crippen LogP contribution < -0.4 is 4.52 Å². The van der Waals surface area contributed by atoms with E-state index in [9.17, 15) is 9.36 Å². The van der Waals surface area contributed by atoms with Gasteiger partial charge in [0, 0.05) is 24.4 Å². The standard InChI is InChI=1S/C11H12ClO5P/c1-15-11(13)8-5-9-3-6-10(7-4-9)17-18(12,14)16-2/h3-8H,1-2H3/b8-5+. The Balaban J connectivity index is 2.72. The third kappa shape index (κ3) is 4.92. The fourth-order valence-electron chi connectivity index (χ4n) is 1.04. The Labute approximate surface area is 110 Å². The highest BCUT2D eigenvalue weighted by atomic mass is 35.7. The zero-order valence-electron chi connectivity index (χ0n) is 9.83. The molecule has 1 aromatic rings. The molecule has 0 saturated carbocycles. The van der Waals surface area contributed by atoms with Crippen LogP contribution in [0.15, 0.2) is 30.3 Å². The van der Waals surface area contributed by atoms with E-state index >= 15 is 0 Å². The lowest BCUT2D eigenvalue weighted by Gasteiger charge is -2.09. The highest BCUT2D eigenvalue weighted by Crippen LogP contribution is 2.52. The van der Waals surface area contributed by atoms with E-state index in [4.69, 9.17) is 15.8 Å². The molecule has 1 rings (SSSR count). The summed E-state index contributed by atoms with van der Waals surface area (Å²) >= 11 is 5.45. The molecule has 18 heavy (non-hydrogen) atoms. The van der Waals surface area contributed by atoms with Crippen LogP contribution in [0.3, 0.4) is 0 Å². The van der Waals surface area contributed by atoms with Gasteiger partial charge >= 0.3 is 12.9 Å². The summed E-state index contributed by atoms with van der Waals surface area (Å²) in [6.45, 7) is -3.57. The van der Waals surface area contributed by atoms with Crippen molar-refractivity contribution in [3.05, 3.63) is 35.9 Å². The van der Waals surface area contributed by atoms with Gasteiger partial charge < -0.3 is 9.26 Å². The van der Waals surface area contributed by atoms with Crippen molar-refractivity contribution in [3.63, 3.8) is 0 Å². The third-order valence-electron chi connectivity index (χ3n) is 1.93. The third-order valence-corrected chi connectivity index (χ3v) is 3.41. The van der Waals surface area contributed by atoms with Crippen LogP contribution in [0.4, 0.5) is 0 Å². The predicted molar refractivity (Wildman–Crippen MR) is 68.6 cm³/mol. The Hall–Kier alpha value is -1.29. The fourth-order valence-corrected chi connectivity index (χ4v) is 1.72. The second-order valence-electron chi connectivity index (χ2n) is 3.13. The minimum atomic E-state index is -3.57. The summed E-state index contributed by atoms with van der Waals surface area (Å²) in [6, 6.07) is 6.46. The molecular formula is C11H12ClO5P. The Kier molecular flexibility index (Phi) is 5.41. The van der Waals surface area contributed by atoms with E-state index in [0.717, 1.165) is 5.56 Å². The molecule has 1 unspecified atom stereocenters. The van der Waals surface area contributed by atoms with Gasteiger partial charge in [0.1, 0.15) is 5.75 Å². The Morgan fingerprint density at radius 2 is 1.89 bits per heavy atom. The first kappa shape index (κ1) is 14.8. The number of ether oxygens (including phenoxy) is 1. The molecule has 0 fully saturated rings. The van der Waals surface area contributed by atoms with Crippen LogP contribution in [0.25, 0.3) is 6.08 Å². The second kappa shape index (κ2) is 6.59. The van der Waals surface area contributed by atoms with Crippen LogP contribution in [-0.4, -0.2) is 20.2 Å². The fraction of sp³-hybridized carbons (Fsp3) is 0.182. The van der Waals surface area contributed by atoms with Gasteiger partial charge in [0.05, 0.1) is 7.11 Å². The molecule has 0 aliphatic heterocycles. The first-order valence-corrected chi connectivity index (χ1v) is 7.33. The van der Waals surface area contributed by atoms with E-state index < -0.39 is 12.9 Å². The van der Waals surface area contributed by atoms with Gasteiger partial charge in [-0.05, 0) is 23.8 Å².